The molecule has 1 aliphatic rings. The van der Waals surface area contributed by atoms with E-state index < -0.39 is 0 Å². The molecular weight excluding hydrogens is 289 g/mol. The minimum Gasteiger partial charge on any atom is -0.294 e. The molecule has 0 spiro atoms. The number of benzene rings is 1. The van der Waals surface area contributed by atoms with Crippen LogP contribution in [0.2, 0.25) is 5.15 Å². The number of rotatable bonds is 3. The molecule has 0 bridgehead atoms. The highest BCUT2D eigenvalue weighted by Crippen LogP contribution is 2.34. The Labute approximate surface area is 129 Å². The van der Waals surface area contributed by atoms with Gasteiger partial charge in [0.05, 0.1) is 5.69 Å². The molecule has 0 radical (unpaired) electrons. The van der Waals surface area contributed by atoms with Crippen molar-refractivity contribution in [2.75, 3.05) is 0 Å². The first-order valence-electron chi connectivity index (χ1n) is 7.11. The van der Waals surface area contributed by atoms with Gasteiger partial charge in [-0.3, -0.25) is 4.79 Å². The SMILES string of the molecule is CC.O=C(c1cc(Cl)nc(-c2ccc(F)cc2)c1)C1CC1. The highest BCUT2D eigenvalue weighted by molar-refractivity contribution is 6.30. The molecule has 1 fully saturated rings. The van der Waals surface area contributed by atoms with Crippen molar-refractivity contribution in [1.29, 1.82) is 0 Å². The highest BCUT2D eigenvalue weighted by atomic mass is 35.5. The van der Waals surface area contributed by atoms with Crippen molar-refractivity contribution in [3.63, 3.8) is 0 Å². The zero-order valence-corrected chi connectivity index (χ0v) is 12.8. The minimum atomic E-state index is -0.306. The molecule has 1 aromatic heterocycles. The maximum absolute atomic E-state index is 12.9. The van der Waals surface area contributed by atoms with Crippen LogP contribution in [0.5, 0.6) is 0 Å². The topological polar surface area (TPSA) is 30.0 Å². The van der Waals surface area contributed by atoms with Crippen LogP contribution in [0.4, 0.5) is 4.39 Å². The van der Waals surface area contributed by atoms with Crippen LogP contribution in [-0.2, 0) is 0 Å². The zero-order chi connectivity index (χ0) is 15.4. The number of ketones is 1. The summed E-state index contributed by atoms with van der Waals surface area (Å²) < 4.78 is 12.9. The molecule has 1 heterocycles. The van der Waals surface area contributed by atoms with Crippen LogP contribution < -0.4 is 0 Å². The summed E-state index contributed by atoms with van der Waals surface area (Å²) in [6.45, 7) is 4.00. The first-order valence-corrected chi connectivity index (χ1v) is 7.49. The molecule has 21 heavy (non-hydrogen) atoms. The van der Waals surface area contributed by atoms with E-state index in [2.05, 4.69) is 4.98 Å². The Balaban J connectivity index is 0.000000774. The highest BCUT2D eigenvalue weighted by Gasteiger charge is 2.30. The molecule has 2 nitrogen and oxygen atoms in total. The van der Waals surface area contributed by atoms with Crippen LogP contribution in [0.15, 0.2) is 36.4 Å². The zero-order valence-electron chi connectivity index (χ0n) is 12.1. The van der Waals surface area contributed by atoms with Crippen LogP contribution in [0.3, 0.4) is 0 Å². The van der Waals surface area contributed by atoms with Crippen LogP contribution >= 0.6 is 11.6 Å². The van der Waals surface area contributed by atoms with Crippen molar-refractivity contribution in [1.82, 2.24) is 4.98 Å². The van der Waals surface area contributed by atoms with Gasteiger partial charge in [-0.15, -0.1) is 0 Å². The van der Waals surface area contributed by atoms with Crippen molar-refractivity contribution in [3.8, 4) is 11.3 Å². The Morgan fingerprint density at radius 2 is 1.81 bits per heavy atom. The molecule has 1 saturated carbocycles. The van der Waals surface area contributed by atoms with Crippen molar-refractivity contribution >= 4 is 17.4 Å². The van der Waals surface area contributed by atoms with Gasteiger partial charge in [-0.05, 0) is 49.2 Å². The average Bonchev–Trinajstić information content (AvgIpc) is 3.33. The average molecular weight is 306 g/mol. The van der Waals surface area contributed by atoms with E-state index in [1.54, 1.807) is 24.3 Å². The lowest BCUT2D eigenvalue weighted by molar-refractivity contribution is 0.0967. The molecule has 2 aromatic rings. The number of carbonyl (C=O) groups excluding carboxylic acids is 1. The Bertz CT molecular complexity index is 636. The maximum Gasteiger partial charge on any atom is 0.166 e. The van der Waals surface area contributed by atoms with Crippen molar-refractivity contribution in [3.05, 3.63) is 52.9 Å². The molecule has 0 N–H and O–H groups in total. The third-order valence-electron chi connectivity index (χ3n) is 3.17. The summed E-state index contributed by atoms with van der Waals surface area (Å²) in [7, 11) is 0. The predicted octanol–water partition coefficient (Wildman–Crippen LogP) is 5.16. The quantitative estimate of drug-likeness (QED) is 0.579. The molecule has 3 rings (SSSR count). The van der Waals surface area contributed by atoms with Gasteiger partial charge < -0.3 is 0 Å². The van der Waals surface area contributed by atoms with Gasteiger partial charge >= 0.3 is 0 Å². The smallest absolute Gasteiger partial charge is 0.166 e. The van der Waals surface area contributed by atoms with Crippen LogP contribution in [0, 0.1) is 11.7 Å². The van der Waals surface area contributed by atoms with Crippen LogP contribution in [0.25, 0.3) is 11.3 Å². The first kappa shape index (κ1) is 15.6. The second-order valence-electron chi connectivity index (χ2n) is 4.71. The van der Waals surface area contributed by atoms with Crippen molar-refractivity contribution in [2.24, 2.45) is 5.92 Å². The summed E-state index contributed by atoms with van der Waals surface area (Å²) in [6, 6.07) is 9.29. The maximum atomic E-state index is 12.9. The van der Waals surface area contributed by atoms with Gasteiger partial charge in [0.1, 0.15) is 11.0 Å². The molecule has 0 saturated heterocycles. The van der Waals surface area contributed by atoms with E-state index in [-0.39, 0.29) is 22.7 Å². The number of carbonyl (C=O) groups is 1. The van der Waals surface area contributed by atoms with E-state index in [0.29, 0.717) is 11.3 Å². The number of pyridine rings is 1. The fourth-order valence-corrected chi connectivity index (χ4v) is 2.20. The van der Waals surface area contributed by atoms with E-state index in [0.717, 1.165) is 18.4 Å². The van der Waals surface area contributed by atoms with Crippen molar-refractivity contribution < 1.29 is 9.18 Å². The van der Waals surface area contributed by atoms with E-state index in [9.17, 15) is 9.18 Å². The number of aromatic nitrogens is 1. The Kier molecular flexibility index (Phi) is 5.07. The molecule has 4 heteroatoms. The van der Waals surface area contributed by atoms with Gasteiger partial charge in [0.15, 0.2) is 5.78 Å². The molecule has 110 valence electrons. The Hall–Kier alpha value is -1.74. The number of hydrogen-bond donors (Lipinski definition) is 0. The summed E-state index contributed by atoms with van der Waals surface area (Å²) in [5, 5.41) is 0.283. The Morgan fingerprint density at radius 1 is 1.19 bits per heavy atom. The standard InChI is InChI=1S/C15H11ClFNO.C2H6/c16-14-8-11(15(19)10-1-2-10)7-13(18-14)9-3-5-12(17)6-4-9;1-2/h3-8,10H,1-2H2;1-2H3. The Morgan fingerprint density at radius 3 is 2.38 bits per heavy atom. The fraction of sp³-hybridized carbons (Fsp3) is 0.294. The molecular formula is C17H17ClFNO. The number of nitrogens with zero attached hydrogens (tertiary/aromatic N) is 1. The fourth-order valence-electron chi connectivity index (χ4n) is 1.99. The molecule has 0 unspecified atom stereocenters. The van der Waals surface area contributed by atoms with Gasteiger partial charge in [-0.25, -0.2) is 9.37 Å². The van der Waals surface area contributed by atoms with Crippen LogP contribution in [-0.4, -0.2) is 10.8 Å². The molecule has 1 aliphatic carbocycles. The van der Waals surface area contributed by atoms with Gasteiger partial charge in [-0.2, -0.15) is 0 Å². The summed E-state index contributed by atoms with van der Waals surface area (Å²) in [5.41, 5.74) is 1.92. The lowest BCUT2D eigenvalue weighted by Crippen LogP contribution is -2.02. The van der Waals surface area contributed by atoms with Gasteiger partial charge in [0, 0.05) is 17.0 Å². The normalized spacial score (nSPS) is 13.3. The molecule has 0 atom stereocenters. The van der Waals surface area contributed by atoms with E-state index in [1.807, 2.05) is 13.8 Å². The summed E-state index contributed by atoms with van der Waals surface area (Å²) in [4.78, 5) is 16.2. The lowest BCUT2D eigenvalue weighted by atomic mass is 10.0. The minimum absolute atomic E-state index is 0.118. The summed E-state index contributed by atoms with van der Waals surface area (Å²) in [6.07, 6.45) is 1.90. The van der Waals surface area contributed by atoms with Gasteiger partial charge in [-0.1, -0.05) is 25.4 Å². The number of hydrogen-bond acceptors (Lipinski definition) is 2. The largest absolute Gasteiger partial charge is 0.294 e. The number of Topliss-reactive ketones (excluding diaryl/α,β-unsaturated/α-hetero) is 1. The van der Waals surface area contributed by atoms with Crippen molar-refractivity contribution in [2.45, 2.75) is 26.7 Å². The second-order valence-corrected chi connectivity index (χ2v) is 5.10. The molecule has 1 aromatic carbocycles. The van der Waals surface area contributed by atoms with E-state index in [1.165, 1.54) is 12.1 Å². The van der Waals surface area contributed by atoms with E-state index >= 15 is 0 Å². The summed E-state index contributed by atoms with van der Waals surface area (Å²) >= 11 is 5.96. The third kappa shape index (κ3) is 3.88. The third-order valence-corrected chi connectivity index (χ3v) is 3.36. The van der Waals surface area contributed by atoms with Gasteiger partial charge in [0.2, 0.25) is 0 Å². The summed E-state index contributed by atoms with van der Waals surface area (Å²) in [5.74, 6) is -0.0488. The van der Waals surface area contributed by atoms with Gasteiger partial charge in [0.25, 0.3) is 0 Å². The van der Waals surface area contributed by atoms with E-state index in [4.69, 9.17) is 11.6 Å². The number of halogens is 2. The molecule has 0 aliphatic heterocycles. The molecule has 0 amide bonds. The predicted molar refractivity (Wildman–Crippen MR) is 83.0 cm³/mol. The monoisotopic (exact) mass is 305 g/mol. The van der Waals surface area contributed by atoms with Crippen LogP contribution in [0.1, 0.15) is 37.0 Å². The second kappa shape index (κ2) is 6.81. The first-order chi connectivity index (χ1) is 10.1. The lowest BCUT2D eigenvalue weighted by Gasteiger charge is -2.05.